The molecule has 6 heterocycles. The van der Waals surface area contributed by atoms with Gasteiger partial charge < -0.3 is 29.4 Å². The summed E-state index contributed by atoms with van der Waals surface area (Å²) in [4.78, 5) is 15.8. The lowest BCUT2D eigenvalue weighted by atomic mass is 9.32. The molecule has 9 heteroatoms. The Kier molecular flexibility index (Phi) is 20.8. The largest absolute Gasteiger partial charge is 0.311 e. The summed E-state index contributed by atoms with van der Waals surface area (Å²) in [5, 5.41) is 0. The molecule has 6 aliphatic heterocycles. The number of anilines is 18. The summed E-state index contributed by atoms with van der Waals surface area (Å²) in [7, 11) is 0. The van der Waals surface area contributed by atoms with E-state index in [9.17, 15) is 0 Å². The van der Waals surface area contributed by atoms with Crippen LogP contribution in [0.1, 0.15) is 248 Å². The van der Waals surface area contributed by atoms with Gasteiger partial charge in [-0.25, -0.2) is 0 Å². The van der Waals surface area contributed by atoms with E-state index in [1.165, 1.54) is 234 Å². The molecule has 0 bridgehead atoms. The van der Waals surface area contributed by atoms with Gasteiger partial charge in [0, 0.05) is 108 Å². The highest BCUT2D eigenvalue weighted by atomic mass is 15.2. The summed E-state index contributed by atoms with van der Waals surface area (Å²) in [5.74, 6) is 0. The molecule has 137 heavy (non-hydrogen) atoms. The van der Waals surface area contributed by atoms with Crippen LogP contribution in [0.5, 0.6) is 0 Å². The molecule has 15 aromatic rings. The van der Waals surface area contributed by atoms with E-state index in [-0.39, 0.29) is 52.6 Å². The summed E-state index contributed by atoms with van der Waals surface area (Å²) in [6.07, 6.45) is 0. The van der Waals surface area contributed by atoms with Gasteiger partial charge in [0.05, 0.1) is 0 Å². The van der Waals surface area contributed by atoms with Crippen molar-refractivity contribution in [3.63, 3.8) is 0 Å². The second kappa shape index (κ2) is 31.4. The minimum Gasteiger partial charge on any atom is -0.311 e. The lowest BCUT2D eigenvalue weighted by Gasteiger charge is -2.46. The fraction of sp³-hybridized carbons (Fsp3) is 0.297. The lowest BCUT2D eigenvalue weighted by molar-refractivity contribution is 0.590. The molecule has 0 aromatic heterocycles. The molecule has 0 saturated carbocycles. The van der Waals surface area contributed by atoms with Crippen LogP contribution in [0.15, 0.2) is 255 Å². The third-order valence-corrected chi connectivity index (χ3v) is 32.4. The molecule has 0 atom stereocenters. The number of fused-ring (bicyclic) bond motifs is 12. The van der Waals surface area contributed by atoms with Gasteiger partial charge in [-0.3, -0.25) is 0 Å². The first kappa shape index (κ1) is 90.7. The van der Waals surface area contributed by atoms with Crippen LogP contribution in [0.3, 0.4) is 0 Å². The molecule has 0 unspecified atom stereocenters. The number of hydrogen-bond acceptors (Lipinski definition) is 6. The van der Waals surface area contributed by atoms with Crippen molar-refractivity contribution in [2.24, 2.45) is 0 Å². The normalized spacial score (nSPS) is 14.3. The summed E-state index contributed by atoms with van der Waals surface area (Å²) < 4.78 is 0. The van der Waals surface area contributed by atoms with Gasteiger partial charge in [0.2, 0.25) is 0 Å². The Morgan fingerprint density at radius 2 is 0.321 bits per heavy atom. The number of nitrogens with zero attached hydrogens (tertiary/aromatic N) is 6. The van der Waals surface area contributed by atoms with Crippen molar-refractivity contribution >= 4 is 172 Å². The molecule has 0 fully saturated rings. The van der Waals surface area contributed by atoms with E-state index in [4.69, 9.17) is 0 Å². The molecular formula is C128H135B3N6. The van der Waals surface area contributed by atoms with Gasteiger partial charge in [0.1, 0.15) is 0 Å². The SMILES string of the molecule is Cc1cc2c3c(c1)N(c1cc(C)c(C)c(C)c1)c1ccc(C(C)(c4ccc5c(c4)B4c6cc(C(C)(C)C)ccc6N(c6ccc(C(C)(C)C)cc6)c6cc(C)cc(c64)N5c4cc(C)c(C)c(C)c4)c4ccc5c(c4)B4c6cc(C(C)(C)C)ccc6N(c6ccc(C(C)(C)C)cc6)c6cc(C)cc(c64)N5c4cc(C)c(C)c(C)c4)cc1B3c1cc(C(C)(C)C)ccc1N2c1ccc(C(C)(C)C)cc1. The van der Waals surface area contributed by atoms with Gasteiger partial charge in [-0.2, -0.15) is 0 Å². The molecule has 0 spiro atoms. The molecule has 0 aliphatic carbocycles. The number of rotatable bonds is 9. The van der Waals surface area contributed by atoms with Crippen molar-refractivity contribution in [2.45, 2.75) is 253 Å². The Labute approximate surface area is 819 Å². The number of benzene rings is 15. The molecule has 0 N–H and O–H groups in total. The van der Waals surface area contributed by atoms with E-state index in [2.05, 4.69) is 499 Å². The molecule has 15 aromatic carbocycles. The zero-order valence-corrected chi connectivity index (χ0v) is 87.2. The van der Waals surface area contributed by atoms with Crippen LogP contribution in [0.25, 0.3) is 0 Å². The molecule has 0 saturated heterocycles. The Morgan fingerprint density at radius 1 is 0.161 bits per heavy atom. The Hall–Kier alpha value is -12.7. The van der Waals surface area contributed by atoms with Crippen LogP contribution in [0.4, 0.5) is 102 Å². The summed E-state index contributed by atoms with van der Waals surface area (Å²) >= 11 is 0. The number of hydrogen-bond donors (Lipinski definition) is 0. The van der Waals surface area contributed by atoms with Crippen molar-refractivity contribution in [3.05, 3.63) is 372 Å². The highest BCUT2D eigenvalue weighted by Gasteiger charge is 2.51. The van der Waals surface area contributed by atoms with Crippen molar-refractivity contribution in [3.8, 4) is 0 Å². The first-order valence-electron chi connectivity index (χ1n) is 50.2. The fourth-order valence-electron chi connectivity index (χ4n) is 23.7. The maximum Gasteiger partial charge on any atom is 0.252 e. The predicted molar refractivity (Wildman–Crippen MR) is 596 cm³/mol. The second-order valence-electron chi connectivity index (χ2n) is 48.0. The monoisotopic (exact) mass is 1790 g/mol. The van der Waals surface area contributed by atoms with Crippen LogP contribution in [0, 0.1) is 83.1 Å². The van der Waals surface area contributed by atoms with E-state index in [1.54, 1.807) is 0 Å². The zero-order chi connectivity index (χ0) is 97.1. The standard InChI is InChI=1S/C128H135B3N6/c1-74-56-113-119-116(59-74)135(98-62-77(4)83(10)78(5)63-98)110-53-41-92(71-104(110)129(119)101-68-89(125(22,23)24)38-50-107(101)132(113)95-44-32-86(33-45-95)122(13,14)15)128(31,93-42-54-111-105(72-93)130-102-69-90(126(25,26)27)39-51-108(102)133(96-46-34-87(35-47-96)123(16,17)18)114-57-75(2)60-117(120(114)130)136(111)99-64-79(6)84(11)80(7)65-99)94-43-55-112-106(73-94)131-103-70-91(127(28,29)30)40-52-109(103)134(97-48-36-88(37-49-97)124(19,20)21)115-58-76(3)61-118(121(115)131)137(112)100-66-81(8)85(12)82(9)67-100/h32-73H,1-31H3. The summed E-state index contributed by atoms with van der Waals surface area (Å²) in [6, 6.07) is 104. The molecule has 21 rings (SSSR count). The van der Waals surface area contributed by atoms with Crippen molar-refractivity contribution in [1.82, 2.24) is 0 Å². The van der Waals surface area contributed by atoms with Crippen LogP contribution in [0.2, 0.25) is 0 Å². The van der Waals surface area contributed by atoms with E-state index in [0.29, 0.717) is 0 Å². The average molecular weight is 1790 g/mol. The molecule has 0 radical (unpaired) electrons. The molecule has 0 amide bonds. The summed E-state index contributed by atoms with van der Waals surface area (Å²) in [6.45, 7) is 72.2. The van der Waals surface area contributed by atoms with Crippen molar-refractivity contribution < 1.29 is 0 Å². The molecule has 6 nitrogen and oxygen atoms in total. The van der Waals surface area contributed by atoms with Crippen LogP contribution < -0.4 is 78.6 Å². The maximum absolute atomic E-state index is 2.73. The van der Waals surface area contributed by atoms with Crippen molar-refractivity contribution in [2.75, 3.05) is 29.4 Å². The van der Waals surface area contributed by atoms with Crippen molar-refractivity contribution in [1.29, 1.82) is 0 Å². The van der Waals surface area contributed by atoms with Crippen LogP contribution in [-0.4, -0.2) is 20.1 Å². The van der Waals surface area contributed by atoms with Gasteiger partial charge in [-0.15, -0.1) is 0 Å². The molecule has 6 aliphatic rings. The number of aryl methyl sites for hydroxylation is 9. The lowest BCUT2D eigenvalue weighted by Crippen LogP contribution is -2.62. The Morgan fingerprint density at radius 3 is 0.504 bits per heavy atom. The van der Waals surface area contributed by atoms with Gasteiger partial charge in [-0.05, 0) is 434 Å². The zero-order valence-electron chi connectivity index (χ0n) is 87.2. The van der Waals surface area contributed by atoms with E-state index < -0.39 is 5.41 Å². The van der Waals surface area contributed by atoms with Crippen LogP contribution in [-0.2, 0) is 37.9 Å². The highest BCUT2D eigenvalue weighted by molar-refractivity contribution is 7.02. The van der Waals surface area contributed by atoms with E-state index in [0.717, 1.165) is 34.1 Å². The third-order valence-electron chi connectivity index (χ3n) is 32.4. The predicted octanol–water partition coefficient (Wildman–Crippen LogP) is 28.8. The maximum atomic E-state index is 2.73. The average Bonchev–Trinajstić information content (AvgIpc) is 0.679. The Balaban J connectivity index is 0.897. The first-order chi connectivity index (χ1) is 64.5. The Bertz CT molecular complexity index is 6810. The highest BCUT2D eigenvalue weighted by Crippen LogP contribution is 2.54. The topological polar surface area (TPSA) is 19.4 Å². The van der Waals surface area contributed by atoms with Gasteiger partial charge >= 0.3 is 0 Å². The molecule has 686 valence electrons. The summed E-state index contributed by atoms with van der Waals surface area (Å²) in [5.41, 5.74) is 58.3. The quantitative estimate of drug-likeness (QED) is 0.105. The first-order valence-corrected chi connectivity index (χ1v) is 50.2. The van der Waals surface area contributed by atoms with E-state index in [1.807, 2.05) is 0 Å². The van der Waals surface area contributed by atoms with Gasteiger partial charge in [0.15, 0.2) is 0 Å². The van der Waals surface area contributed by atoms with Gasteiger partial charge in [0.25, 0.3) is 20.1 Å². The fourth-order valence-corrected chi connectivity index (χ4v) is 23.7. The third kappa shape index (κ3) is 14.5. The van der Waals surface area contributed by atoms with Crippen LogP contribution >= 0.6 is 0 Å². The minimum atomic E-state index is -0.920. The van der Waals surface area contributed by atoms with E-state index >= 15 is 0 Å². The minimum absolute atomic E-state index is 0.0342. The van der Waals surface area contributed by atoms with Gasteiger partial charge in [-0.1, -0.05) is 234 Å². The second-order valence-corrected chi connectivity index (χ2v) is 48.0. The smallest absolute Gasteiger partial charge is 0.252 e. The molecular weight excluding hydrogens is 1650 g/mol.